The number of benzene rings is 2. The molecule has 0 aliphatic carbocycles. The van der Waals surface area contributed by atoms with Crippen LogP contribution in [-0.4, -0.2) is 26.6 Å². The SMILES string of the molecule is OCc1cccc(-c2nn(C3CCCCO3)c3ccc(O)cc23)c1. The highest BCUT2D eigenvalue weighted by Crippen LogP contribution is 2.34. The van der Waals surface area contributed by atoms with E-state index in [1.807, 2.05) is 35.0 Å². The van der Waals surface area contributed by atoms with Crippen molar-refractivity contribution in [3.8, 4) is 17.0 Å². The minimum atomic E-state index is -0.0689. The van der Waals surface area contributed by atoms with Gasteiger partial charge in [-0.25, -0.2) is 4.68 Å². The van der Waals surface area contributed by atoms with Crippen LogP contribution in [0.5, 0.6) is 5.75 Å². The molecule has 0 radical (unpaired) electrons. The molecule has 1 fully saturated rings. The van der Waals surface area contributed by atoms with E-state index in [-0.39, 0.29) is 18.6 Å². The molecule has 124 valence electrons. The van der Waals surface area contributed by atoms with Crippen molar-refractivity contribution < 1.29 is 14.9 Å². The molecule has 1 aliphatic rings. The predicted molar refractivity (Wildman–Crippen MR) is 91.6 cm³/mol. The molecule has 5 nitrogen and oxygen atoms in total. The van der Waals surface area contributed by atoms with Gasteiger partial charge in [0, 0.05) is 17.6 Å². The Morgan fingerprint density at radius 2 is 2.08 bits per heavy atom. The standard InChI is InChI=1S/C19H20N2O3/c22-12-13-4-3-5-14(10-13)19-16-11-15(23)7-8-17(16)21(20-19)18-6-1-2-9-24-18/h3-5,7-8,10-11,18,22-23H,1-2,6,9,12H2. The number of hydrogen-bond donors (Lipinski definition) is 2. The molecule has 0 bridgehead atoms. The molecule has 0 spiro atoms. The first-order valence-corrected chi connectivity index (χ1v) is 8.29. The van der Waals surface area contributed by atoms with Crippen LogP contribution < -0.4 is 0 Å². The maximum Gasteiger partial charge on any atom is 0.150 e. The lowest BCUT2D eigenvalue weighted by Crippen LogP contribution is -2.19. The summed E-state index contributed by atoms with van der Waals surface area (Å²) in [6, 6.07) is 13.0. The number of ether oxygens (including phenoxy) is 1. The molecule has 1 aromatic heterocycles. The zero-order valence-electron chi connectivity index (χ0n) is 13.4. The van der Waals surface area contributed by atoms with Gasteiger partial charge in [0.05, 0.1) is 12.1 Å². The molecule has 2 aromatic carbocycles. The van der Waals surface area contributed by atoms with Gasteiger partial charge in [0.2, 0.25) is 0 Å². The second-order valence-corrected chi connectivity index (χ2v) is 6.17. The van der Waals surface area contributed by atoms with Crippen molar-refractivity contribution >= 4 is 10.9 Å². The Balaban J connectivity index is 1.89. The molecule has 1 saturated heterocycles. The maximum absolute atomic E-state index is 9.91. The molecule has 1 aliphatic heterocycles. The minimum absolute atomic E-state index is 0.0104. The Kier molecular flexibility index (Phi) is 3.96. The summed E-state index contributed by atoms with van der Waals surface area (Å²) in [6.07, 6.45) is 3.08. The highest BCUT2D eigenvalue weighted by Gasteiger charge is 2.21. The van der Waals surface area contributed by atoms with Gasteiger partial charge < -0.3 is 14.9 Å². The summed E-state index contributed by atoms with van der Waals surface area (Å²) in [4.78, 5) is 0. The highest BCUT2D eigenvalue weighted by molar-refractivity contribution is 5.94. The van der Waals surface area contributed by atoms with Gasteiger partial charge >= 0.3 is 0 Å². The molecule has 2 N–H and O–H groups in total. The fourth-order valence-corrected chi connectivity index (χ4v) is 3.30. The zero-order chi connectivity index (χ0) is 16.5. The number of hydrogen-bond acceptors (Lipinski definition) is 4. The molecule has 3 aromatic rings. The van der Waals surface area contributed by atoms with Gasteiger partial charge in [-0.15, -0.1) is 0 Å². The summed E-state index contributed by atoms with van der Waals surface area (Å²) < 4.78 is 7.82. The van der Waals surface area contributed by atoms with E-state index in [9.17, 15) is 10.2 Å². The largest absolute Gasteiger partial charge is 0.508 e. The second-order valence-electron chi connectivity index (χ2n) is 6.17. The first-order chi connectivity index (χ1) is 11.8. The van der Waals surface area contributed by atoms with Crippen LogP contribution in [0.1, 0.15) is 31.1 Å². The number of aromatic nitrogens is 2. The lowest BCUT2D eigenvalue weighted by atomic mass is 10.1. The summed E-state index contributed by atoms with van der Waals surface area (Å²) in [7, 11) is 0. The fourth-order valence-electron chi connectivity index (χ4n) is 3.30. The van der Waals surface area contributed by atoms with E-state index in [2.05, 4.69) is 0 Å². The van der Waals surface area contributed by atoms with Crippen LogP contribution in [0.3, 0.4) is 0 Å². The number of rotatable bonds is 3. The van der Waals surface area contributed by atoms with Gasteiger partial charge in [-0.05, 0) is 49.1 Å². The van der Waals surface area contributed by atoms with Crippen molar-refractivity contribution in [3.05, 3.63) is 48.0 Å². The first kappa shape index (κ1) is 15.2. The Bertz CT molecular complexity index is 866. The van der Waals surface area contributed by atoms with E-state index >= 15 is 0 Å². The van der Waals surface area contributed by atoms with Crippen molar-refractivity contribution in [1.82, 2.24) is 9.78 Å². The van der Waals surface area contributed by atoms with E-state index in [4.69, 9.17) is 9.84 Å². The molecule has 5 heteroatoms. The molecule has 0 saturated carbocycles. The average Bonchev–Trinajstić information content (AvgIpc) is 3.01. The van der Waals surface area contributed by atoms with Gasteiger partial charge in [0.25, 0.3) is 0 Å². The number of phenols is 1. The van der Waals surface area contributed by atoms with Crippen LogP contribution in [-0.2, 0) is 11.3 Å². The van der Waals surface area contributed by atoms with Crippen LogP contribution in [0.4, 0.5) is 0 Å². The topological polar surface area (TPSA) is 67.5 Å². The monoisotopic (exact) mass is 324 g/mol. The molecular formula is C19H20N2O3. The van der Waals surface area contributed by atoms with Gasteiger partial charge in [-0.2, -0.15) is 5.10 Å². The average molecular weight is 324 g/mol. The lowest BCUT2D eigenvalue weighted by Gasteiger charge is -2.23. The number of phenolic OH excluding ortho intramolecular Hbond substituents is 1. The normalized spacial score (nSPS) is 18.1. The molecule has 2 heterocycles. The van der Waals surface area contributed by atoms with Crippen molar-refractivity contribution in [2.24, 2.45) is 0 Å². The molecule has 4 rings (SSSR count). The Labute approximate surface area is 140 Å². The Morgan fingerprint density at radius 1 is 1.17 bits per heavy atom. The molecular weight excluding hydrogens is 304 g/mol. The third kappa shape index (κ3) is 2.66. The number of aliphatic hydroxyl groups excluding tert-OH is 1. The van der Waals surface area contributed by atoms with E-state index in [1.54, 1.807) is 12.1 Å². The van der Waals surface area contributed by atoms with E-state index in [0.29, 0.717) is 0 Å². The summed E-state index contributed by atoms with van der Waals surface area (Å²) in [5.74, 6) is 0.214. The van der Waals surface area contributed by atoms with Crippen LogP contribution in [0, 0.1) is 0 Å². The van der Waals surface area contributed by atoms with Crippen LogP contribution in [0.2, 0.25) is 0 Å². The smallest absolute Gasteiger partial charge is 0.150 e. The third-order valence-corrected chi connectivity index (χ3v) is 4.50. The molecule has 1 atom stereocenters. The van der Waals surface area contributed by atoms with Crippen molar-refractivity contribution in [1.29, 1.82) is 0 Å². The van der Waals surface area contributed by atoms with E-state index < -0.39 is 0 Å². The molecule has 1 unspecified atom stereocenters. The maximum atomic E-state index is 9.91. The quantitative estimate of drug-likeness (QED) is 0.772. The van der Waals surface area contributed by atoms with Crippen molar-refractivity contribution in [2.45, 2.75) is 32.1 Å². The summed E-state index contributed by atoms with van der Waals surface area (Å²) in [5.41, 5.74) is 3.51. The lowest BCUT2D eigenvalue weighted by molar-refractivity contribution is -0.0365. The highest BCUT2D eigenvalue weighted by atomic mass is 16.5. The van der Waals surface area contributed by atoms with Gasteiger partial charge in [-0.3, -0.25) is 0 Å². The van der Waals surface area contributed by atoms with Gasteiger partial charge in [0.1, 0.15) is 11.4 Å². The molecule has 0 amide bonds. The number of fused-ring (bicyclic) bond motifs is 1. The number of nitrogens with zero attached hydrogens (tertiary/aromatic N) is 2. The van der Waals surface area contributed by atoms with Gasteiger partial charge in [0.15, 0.2) is 6.23 Å². The summed E-state index contributed by atoms with van der Waals surface area (Å²) >= 11 is 0. The van der Waals surface area contributed by atoms with Crippen molar-refractivity contribution in [3.63, 3.8) is 0 Å². The first-order valence-electron chi connectivity index (χ1n) is 8.29. The van der Waals surface area contributed by atoms with Crippen LogP contribution in [0.25, 0.3) is 22.2 Å². The second kappa shape index (κ2) is 6.26. The van der Waals surface area contributed by atoms with E-state index in [1.165, 1.54) is 0 Å². The fraction of sp³-hybridized carbons (Fsp3) is 0.316. The van der Waals surface area contributed by atoms with E-state index in [0.717, 1.165) is 53.6 Å². The number of aromatic hydroxyl groups is 1. The Hall–Kier alpha value is -2.37. The van der Waals surface area contributed by atoms with Crippen LogP contribution in [0.15, 0.2) is 42.5 Å². The predicted octanol–water partition coefficient (Wildman–Crippen LogP) is 3.60. The summed E-state index contributed by atoms with van der Waals surface area (Å²) in [6.45, 7) is 0.739. The van der Waals surface area contributed by atoms with Crippen LogP contribution >= 0.6 is 0 Å². The third-order valence-electron chi connectivity index (χ3n) is 4.50. The Morgan fingerprint density at radius 3 is 2.88 bits per heavy atom. The van der Waals surface area contributed by atoms with Crippen molar-refractivity contribution in [2.75, 3.05) is 6.61 Å². The number of aliphatic hydroxyl groups is 1. The zero-order valence-corrected chi connectivity index (χ0v) is 13.4. The summed E-state index contributed by atoms with van der Waals surface area (Å²) in [5, 5.41) is 25.0. The van der Waals surface area contributed by atoms with Gasteiger partial charge in [-0.1, -0.05) is 18.2 Å². The minimum Gasteiger partial charge on any atom is -0.508 e. The molecule has 24 heavy (non-hydrogen) atoms.